The largest absolute Gasteiger partial charge is 0.309 e. The van der Waals surface area contributed by atoms with Crippen molar-refractivity contribution in [2.75, 3.05) is 13.1 Å². The Morgan fingerprint density at radius 1 is 1.38 bits per heavy atom. The van der Waals surface area contributed by atoms with E-state index in [0.717, 1.165) is 17.8 Å². The third kappa shape index (κ3) is 4.52. The van der Waals surface area contributed by atoms with Crippen LogP contribution in [0.1, 0.15) is 44.9 Å². The number of nitrogens with zero attached hydrogens (tertiary/aromatic N) is 1. The monoisotopic (exact) mass is 330 g/mol. The molecule has 0 radical (unpaired) electrons. The van der Waals surface area contributed by atoms with E-state index in [4.69, 9.17) is 0 Å². The molecule has 1 aromatic heterocycles. The zero-order valence-electron chi connectivity index (χ0n) is 13.1. The summed E-state index contributed by atoms with van der Waals surface area (Å²) in [6, 6.07) is 4.33. The molecular weight excluding hydrogens is 304 g/mol. The fraction of sp³-hybridized carbons (Fsp3) is 0.733. The Hall–Kier alpha value is -0.430. The summed E-state index contributed by atoms with van der Waals surface area (Å²) in [4.78, 5) is 1.10. The average molecular weight is 331 g/mol. The highest BCUT2D eigenvalue weighted by Crippen LogP contribution is 2.27. The van der Waals surface area contributed by atoms with Gasteiger partial charge in [-0.05, 0) is 30.9 Å². The summed E-state index contributed by atoms with van der Waals surface area (Å²) >= 11 is 1.40. The minimum Gasteiger partial charge on any atom is -0.309 e. The highest BCUT2D eigenvalue weighted by molar-refractivity contribution is 7.91. The predicted octanol–water partition coefficient (Wildman–Crippen LogP) is 3.06. The van der Waals surface area contributed by atoms with E-state index >= 15 is 0 Å². The SMILES string of the molecule is CCC(C)CN(CC)S(=O)(=O)c1ccc(CNC2CC2)s1. The zero-order valence-corrected chi connectivity index (χ0v) is 14.8. The molecule has 1 N–H and O–H groups in total. The van der Waals surface area contributed by atoms with Crippen LogP contribution in [0.2, 0.25) is 0 Å². The number of hydrogen-bond donors (Lipinski definition) is 1. The maximum absolute atomic E-state index is 12.7. The Bertz CT molecular complexity index is 550. The summed E-state index contributed by atoms with van der Waals surface area (Å²) in [5, 5.41) is 3.42. The zero-order chi connectivity index (χ0) is 15.5. The number of nitrogens with one attached hydrogen (secondary N) is 1. The normalized spacial score (nSPS) is 17.3. The molecule has 0 bridgehead atoms. The van der Waals surface area contributed by atoms with E-state index in [-0.39, 0.29) is 0 Å². The van der Waals surface area contributed by atoms with Gasteiger partial charge in [0.05, 0.1) is 0 Å². The lowest BCUT2D eigenvalue weighted by Gasteiger charge is -2.22. The van der Waals surface area contributed by atoms with Crippen molar-refractivity contribution in [2.45, 2.75) is 56.8 Å². The van der Waals surface area contributed by atoms with Crippen molar-refractivity contribution in [1.82, 2.24) is 9.62 Å². The first kappa shape index (κ1) is 16.9. The Labute approximate surface area is 132 Å². The molecule has 0 amide bonds. The molecule has 4 nitrogen and oxygen atoms in total. The van der Waals surface area contributed by atoms with Crippen molar-refractivity contribution in [3.63, 3.8) is 0 Å². The molecule has 1 heterocycles. The second-order valence-electron chi connectivity index (χ2n) is 5.85. The third-order valence-corrected chi connectivity index (χ3v) is 7.43. The highest BCUT2D eigenvalue weighted by Gasteiger charge is 2.26. The number of sulfonamides is 1. The maximum Gasteiger partial charge on any atom is 0.252 e. The van der Waals surface area contributed by atoms with E-state index in [9.17, 15) is 8.42 Å². The second kappa shape index (κ2) is 7.22. The van der Waals surface area contributed by atoms with Crippen LogP contribution in [0.15, 0.2) is 16.3 Å². The standard InChI is InChI=1S/C15H26N2O2S2/c1-4-12(3)11-17(5-2)21(18,19)15-9-8-14(20-15)10-16-13-6-7-13/h8-9,12-13,16H,4-7,10-11H2,1-3H3. The van der Waals surface area contributed by atoms with Gasteiger partial charge in [0, 0.05) is 30.6 Å². The van der Waals surface area contributed by atoms with E-state index in [1.54, 1.807) is 10.4 Å². The van der Waals surface area contributed by atoms with Gasteiger partial charge in [0.2, 0.25) is 0 Å². The summed E-state index contributed by atoms with van der Waals surface area (Å²) in [7, 11) is -3.33. The molecule has 1 atom stereocenters. The van der Waals surface area contributed by atoms with Crippen LogP contribution in [0.25, 0.3) is 0 Å². The molecule has 1 fully saturated rings. The fourth-order valence-corrected chi connectivity index (χ4v) is 5.16. The first-order valence-electron chi connectivity index (χ1n) is 7.79. The average Bonchev–Trinajstić information content (AvgIpc) is 3.17. The Morgan fingerprint density at radius 2 is 2.10 bits per heavy atom. The molecule has 6 heteroatoms. The van der Waals surface area contributed by atoms with Gasteiger partial charge in [0.15, 0.2) is 0 Å². The minimum absolute atomic E-state index is 0.385. The number of hydrogen-bond acceptors (Lipinski definition) is 4. The van der Waals surface area contributed by atoms with Crippen molar-refractivity contribution in [2.24, 2.45) is 5.92 Å². The van der Waals surface area contributed by atoms with Gasteiger partial charge in [-0.25, -0.2) is 8.42 Å². The highest BCUT2D eigenvalue weighted by atomic mass is 32.2. The molecule has 1 aromatic rings. The molecule has 120 valence electrons. The summed E-state index contributed by atoms with van der Waals surface area (Å²) < 4.78 is 27.5. The van der Waals surface area contributed by atoms with Gasteiger partial charge in [-0.15, -0.1) is 11.3 Å². The molecular formula is C15H26N2O2S2. The second-order valence-corrected chi connectivity index (χ2v) is 9.18. The quantitative estimate of drug-likeness (QED) is 0.757. The van der Waals surface area contributed by atoms with Gasteiger partial charge >= 0.3 is 0 Å². The first-order chi connectivity index (χ1) is 9.97. The van der Waals surface area contributed by atoms with E-state index < -0.39 is 10.0 Å². The molecule has 0 aromatic carbocycles. The molecule has 1 aliphatic carbocycles. The van der Waals surface area contributed by atoms with E-state index in [1.807, 2.05) is 13.0 Å². The van der Waals surface area contributed by atoms with Crippen LogP contribution in [0.3, 0.4) is 0 Å². The van der Waals surface area contributed by atoms with Crippen LogP contribution in [0.4, 0.5) is 0 Å². The van der Waals surface area contributed by atoms with Crippen LogP contribution < -0.4 is 5.32 Å². The van der Waals surface area contributed by atoms with Gasteiger partial charge in [-0.2, -0.15) is 4.31 Å². The van der Waals surface area contributed by atoms with Gasteiger partial charge in [-0.3, -0.25) is 0 Å². The van der Waals surface area contributed by atoms with E-state index in [0.29, 0.717) is 29.3 Å². The lowest BCUT2D eigenvalue weighted by molar-refractivity contribution is 0.362. The Balaban J connectivity index is 2.05. The van der Waals surface area contributed by atoms with Crippen LogP contribution in [0.5, 0.6) is 0 Å². The smallest absolute Gasteiger partial charge is 0.252 e. The maximum atomic E-state index is 12.7. The summed E-state index contributed by atoms with van der Waals surface area (Å²) in [5.74, 6) is 0.385. The molecule has 2 rings (SSSR count). The van der Waals surface area contributed by atoms with Crippen molar-refractivity contribution in [1.29, 1.82) is 0 Å². The van der Waals surface area contributed by atoms with E-state index in [1.165, 1.54) is 24.2 Å². The molecule has 0 aliphatic heterocycles. The minimum atomic E-state index is -3.33. The predicted molar refractivity (Wildman–Crippen MR) is 88.1 cm³/mol. The van der Waals surface area contributed by atoms with E-state index in [2.05, 4.69) is 19.2 Å². The summed E-state index contributed by atoms with van der Waals surface area (Å²) in [6.45, 7) is 8.00. The summed E-state index contributed by atoms with van der Waals surface area (Å²) in [5.41, 5.74) is 0. The van der Waals surface area contributed by atoms with Gasteiger partial charge in [-0.1, -0.05) is 27.2 Å². The van der Waals surface area contributed by atoms with Crippen molar-refractivity contribution in [3.05, 3.63) is 17.0 Å². The van der Waals surface area contributed by atoms with Crippen LogP contribution in [-0.2, 0) is 16.6 Å². The van der Waals surface area contributed by atoms with Gasteiger partial charge < -0.3 is 5.32 Å². The molecule has 0 saturated heterocycles. The molecule has 1 unspecified atom stereocenters. The first-order valence-corrected chi connectivity index (χ1v) is 10.0. The van der Waals surface area contributed by atoms with Crippen molar-refractivity contribution in [3.8, 4) is 0 Å². The molecule has 0 spiro atoms. The molecule has 1 aliphatic rings. The van der Waals surface area contributed by atoms with Crippen LogP contribution in [0, 0.1) is 5.92 Å². The van der Waals surface area contributed by atoms with Gasteiger partial charge in [0.25, 0.3) is 10.0 Å². The number of thiophene rings is 1. The lowest BCUT2D eigenvalue weighted by atomic mass is 10.1. The Kier molecular flexibility index (Phi) is 5.82. The van der Waals surface area contributed by atoms with Crippen molar-refractivity contribution < 1.29 is 8.42 Å². The van der Waals surface area contributed by atoms with Crippen LogP contribution >= 0.6 is 11.3 Å². The fourth-order valence-electron chi connectivity index (χ4n) is 2.13. The van der Waals surface area contributed by atoms with Crippen molar-refractivity contribution >= 4 is 21.4 Å². The Morgan fingerprint density at radius 3 is 2.67 bits per heavy atom. The van der Waals surface area contributed by atoms with Gasteiger partial charge in [0.1, 0.15) is 4.21 Å². The topological polar surface area (TPSA) is 49.4 Å². The summed E-state index contributed by atoms with van der Waals surface area (Å²) in [6.07, 6.45) is 3.48. The molecule has 1 saturated carbocycles. The lowest BCUT2D eigenvalue weighted by Crippen LogP contribution is -2.34. The number of rotatable bonds is 9. The molecule has 21 heavy (non-hydrogen) atoms. The third-order valence-electron chi connectivity index (χ3n) is 3.94. The van der Waals surface area contributed by atoms with Crippen LogP contribution in [-0.4, -0.2) is 31.9 Å².